The lowest BCUT2D eigenvalue weighted by atomic mass is 10.0. The maximum Gasteiger partial charge on any atom is 0.101 e. The molecule has 4 rings (SSSR count). The van der Waals surface area contributed by atoms with Gasteiger partial charge in [0.05, 0.1) is 11.3 Å². The normalized spacial score (nSPS) is 21.0. The Morgan fingerprint density at radius 1 is 0.929 bits per heavy atom. The van der Waals surface area contributed by atoms with Crippen LogP contribution in [0.15, 0.2) is 54.6 Å². The molecule has 2 aromatic carbocycles. The first-order chi connectivity index (χ1) is 13.8. The Bertz CT molecular complexity index is 790. The van der Waals surface area contributed by atoms with E-state index in [2.05, 4.69) is 57.6 Å². The molecular weight excluding hydrogens is 344 g/mol. The zero-order valence-corrected chi connectivity index (χ0v) is 16.6. The van der Waals surface area contributed by atoms with Gasteiger partial charge in [-0.05, 0) is 56.0 Å². The van der Waals surface area contributed by atoms with E-state index in [-0.39, 0.29) is 0 Å². The molecule has 1 atom stereocenters. The van der Waals surface area contributed by atoms with Crippen LogP contribution in [0, 0.1) is 17.2 Å². The van der Waals surface area contributed by atoms with Gasteiger partial charge in [-0.25, -0.2) is 0 Å². The predicted octanol–water partition coefficient (Wildman–Crippen LogP) is 3.64. The summed E-state index contributed by atoms with van der Waals surface area (Å²) in [6, 6.07) is 21.7. The van der Waals surface area contributed by atoms with Crippen LogP contribution in [0.4, 0.5) is 5.69 Å². The third kappa shape index (κ3) is 4.73. The summed E-state index contributed by atoms with van der Waals surface area (Å²) >= 11 is 0. The molecule has 1 unspecified atom stereocenters. The van der Waals surface area contributed by atoms with Crippen LogP contribution in [-0.4, -0.2) is 43.7 Å². The Kier molecular flexibility index (Phi) is 6.26. The molecule has 2 aliphatic rings. The quantitative estimate of drug-likeness (QED) is 0.838. The number of rotatable bonds is 6. The van der Waals surface area contributed by atoms with Crippen LogP contribution < -0.4 is 10.2 Å². The molecule has 2 aromatic rings. The number of benzene rings is 2. The molecule has 1 N–H and O–H groups in total. The van der Waals surface area contributed by atoms with Crippen LogP contribution in [0.5, 0.6) is 0 Å². The van der Waals surface area contributed by atoms with Crippen LogP contribution in [0.25, 0.3) is 0 Å². The van der Waals surface area contributed by atoms with Gasteiger partial charge in [-0.1, -0.05) is 42.5 Å². The first-order valence-corrected chi connectivity index (χ1v) is 10.6. The zero-order chi connectivity index (χ0) is 19.2. The Labute approximate surface area is 168 Å². The van der Waals surface area contributed by atoms with Crippen molar-refractivity contribution in [1.29, 1.82) is 5.26 Å². The van der Waals surface area contributed by atoms with E-state index in [0.717, 1.165) is 56.2 Å². The van der Waals surface area contributed by atoms with E-state index in [1.165, 1.54) is 25.1 Å². The maximum atomic E-state index is 9.33. The van der Waals surface area contributed by atoms with Crippen molar-refractivity contribution in [3.05, 3.63) is 65.7 Å². The first-order valence-electron chi connectivity index (χ1n) is 10.6. The van der Waals surface area contributed by atoms with E-state index in [9.17, 15) is 5.26 Å². The van der Waals surface area contributed by atoms with Gasteiger partial charge in [0.25, 0.3) is 0 Å². The number of piperidine rings is 1. The standard InChI is InChI=1S/C24H30N4/c25-16-22-8-4-5-9-24(22)28-14-11-23(12-15-28)26-17-21-10-13-27(19-21)18-20-6-2-1-3-7-20/h1-9,21,23,26H,10-15,17-19H2. The van der Waals surface area contributed by atoms with Gasteiger partial charge in [0.1, 0.15) is 6.07 Å². The molecule has 2 heterocycles. The Hall–Kier alpha value is -2.35. The Balaban J connectivity index is 1.19. The van der Waals surface area contributed by atoms with E-state index in [0.29, 0.717) is 6.04 Å². The molecule has 2 saturated heterocycles. The number of likely N-dealkylation sites (tertiary alicyclic amines) is 1. The van der Waals surface area contributed by atoms with Gasteiger partial charge in [-0.2, -0.15) is 5.26 Å². The van der Waals surface area contributed by atoms with Crippen molar-refractivity contribution >= 4 is 5.69 Å². The number of nitriles is 1. The number of nitrogens with zero attached hydrogens (tertiary/aromatic N) is 3. The highest BCUT2D eigenvalue weighted by Gasteiger charge is 2.25. The number of hydrogen-bond acceptors (Lipinski definition) is 4. The highest BCUT2D eigenvalue weighted by atomic mass is 15.2. The van der Waals surface area contributed by atoms with Crippen LogP contribution in [0.3, 0.4) is 0 Å². The van der Waals surface area contributed by atoms with Crippen molar-refractivity contribution < 1.29 is 0 Å². The van der Waals surface area contributed by atoms with Crippen LogP contribution in [0.1, 0.15) is 30.4 Å². The summed E-state index contributed by atoms with van der Waals surface area (Å²) in [5.41, 5.74) is 3.30. The first kappa shape index (κ1) is 19.0. The fraction of sp³-hybridized carbons (Fsp3) is 0.458. The van der Waals surface area contributed by atoms with E-state index in [1.54, 1.807) is 0 Å². The summed E-state index contributed by atoms with van der Waals surface area (Å²) in [4.78, 5) is 4.96. The van der Waals surface area contributed by atoms with E-state index >= 15 is 0 Å². The van der Waals surface area contributed by atoms with Crippen molar-refractivity contribution in [1.82, 2.24) is 10.2 Å². The maximum absolute atomic E-state index is 9.33. The van der Waals surface area contributed by atoms with Crippen LogP contribution in [0.2, 0.25) is 0 Å². The molecular formula is C24H30N4. The molecule has 0 aromatic heterocycles. The highest BCUT2D eigenvalue weighted by molar-refractivity contribution is 5.59. The molecule has 4 nitrogen and oxygen atoms in total. The van der Waals surface area contributed by atoms with Crippen molar-refractivity contribution in [3.8, 4) is 6.07 Å². The monoisotopic (exact) mass is 374 g/mol. The highest BCUT2D eigenvalue weighted by Crippen LogP contribution is 2.24. The molecule has 0 bridgehead atoms. The lowest BCUT2D eigenvalue weighted by molar-refractivity contribution is 0.307. The number of hydrogen-bond donors (Lipinski definition) is 1. The molecule has 2 fully saturated rings. The van der Waals surface area contributed by atoms with Crippen molar-refractivity contribution in [2.24, 2.45) is 5.92 Å². The van der Waals surface area contributed by atoms with E-state index in [1.807, 2.05) is 18.2 Å². The molecule has 2 aliphatic heterocycles. The van der Waals surface area contributed by atoms with Crippen molar-refractivity contribution in [2.75, 3.05) is 37.6 Å². The number of anilines is 1. The summed E-state index contributed by atoms with van der Waals surface area (Å²) in [7, 11) is 0. The predicted molar refractivity (Wildman–Crippen MR) is 114 cm³/mol. The van der Waals surface area contributed by atoms with Gasteiger partial charge >= 0.3 is 0 Å². The summed E-state index contributed by atoms with van der Waals surface area (Å²) in [5.74, 6) is 0.765. The lowest BCUT2D eigenvalue weighted by Crippen LogP contribution is -2.44. The molecule has 4 heteroatoms. The topological polar surface area (TPSA) is 42.3 Å². The Morgan fingerprint density at radius 3 is 2.46 bits per heavy atom. The summed E-state index contributed by atoms with van der Waals surface area (Å²) in [5, 5.41) is 13.2. The summed E-state index contributed by atoms with van der Waals surface area (Å²) in [6.07, 6.45) is 3.61. The molecule has 146 valence electrons. The largest absolute Gasteiger partial charge is 0.370 e. The van der Waals surface area contributed by atoms with Gasteiger partial charge in [0.15, 0.2) is 0 Å². The van der Waals surface area contributed by atoms with Gasteiger partial charge < -0.3 is 10.2 Å². The second kappa shape index (κ2) is 9.23. The third-order valence-electron chi connectivity index (χ3n) is 6.17. The second-order valence-corrected chi connectivity index (χ2v) is 8.17. The van der Waals surface area contributed by atoms with Gasteiger partial charge in [0.2, 0.25) is 0 Å². The molecule has 0 spiro atoms. The molecule has 0 saturated carbocycles. The van der Waals surface area contributed by atoms with Gasteiger partial charge in [-0.3, -0.25) is 4.90 Å². The molecule has 28 heavy (non-hydrogen) atoms. The average molecular weight is 375 g/mol. The third-order valence-corrected chi connectivity index (χ3v) is 6.17. The summed E-state index contributed by atoms with van der Waals surface area (Å²) in [6.45, 7) is 6.68. The van der Waals surface area contributed by atoms with Crippen LogP contribution in [-0.2, 0) is 6.54 Å². The van der Waals surface area contributed by atoms with Crippen LogP contribution >= 0.6 is 0 Å². The van der Waals surface area contributed by atoms with E-state index in [4.69, 9.17) is 0 Å². The second-order valence-electron chi connectivity index (χ2n) is 8.17. The smallest absolute Gasteiger partial charge is 0.101 e. The zero-order valence-electron chi connectivity index (χ0n) is 16.6. The Morgan fingerprint density at radius 2 is 1.68 bits per heavy atom. The minimum absolute atomic E-state index is 0.605. The average Bonchev–Trinajstić information content (AvgIpc) is 3.20. The number of nitrogens with one attached hydrogen (secondary N) is 1. The fourth-order valence-electron chi connectivity index (χ4n) is 4.57. The minimum atomic E-state index is 0.605. The number of para-hydroxylation sites is 1. The molecule has 0 radical (unpaired) electrons. The fourth-order valence-corrected chi connectivity index (χ4v) is 4.57. The molecule has 0 aliphatic carbocycles. The van der Waals surface area contributed by atoms with Gasteiger partial charge in [0, 0.05) is 32.2 Å². The lowest BCUT2D eigenvalue weighted by Gasteiger charge is -2.35. The SMILES string of the molecule is N#Cc1ccccc1N1CCC(NCC2CCN(Cc3ccccc3)C2)CC1. The molecule has 0 amide bonds. The van der Waals surface area contributed by atoms with Crippen molar-refractivity contribution in [2.45, 2.75) is 31.8 Å². The minimum Gasteiger partial charge on any atom is -0.370 e. The van der Waals surface area contributed by atoms with E-state index < -0.39 is 0 Å². The summed E-state index contributed by atoms with van der Waals surface area (Å²) < 4.78 is 0. The van der Waals surface area contributed by atoms with Crippen molar-refractivity contribution in [3.63, 3.8) is 0 Å². The van der Waals surface area contributed by atoms with Gasteiger partial charge in [-0.15, -0.1) is 0 Å².